The van der Waals surface area contributed by atoms with Gasteiger partial charge in [0.25, 0.3) is 0 Å². The minimum absolute atomic E-state index is 0.0704. The monoisotopic (exact) mass is 171 g/mol. The highest BCUT2D eigenvalue weighted by molar-refractivity contribution is 5.13. The summed E-state index contributed by atoms with van der Waals surface area (Å²) in [6.45, 7) is 0.508. The van der Waals surface area contributed by atoms with E-state index in [9.17, 15) is 4.39 Å². The van der Waals surface area contributed by atoms with Crippen LogP contribution in [0.15, 0.2) is 12.2 Å². The first kappa shape index (κ1) is 8.16. The van der Waals surface area contributed by atoms with Crippen molar-refractivity contribution in [1.82, 2.24) is 10.6 Å². The third kappa shape index (κ3) is 1.26. The summed E-state index contributed by atoms with van der Waals surface area (Å²) in [5.41, 5.74) is 5.46. The maximum Gasteiger partial charge on any atom is 0.121 e. The Morgan fingerprint density at radius 3 is 3.00 bits per heavy atom. The van der Waals surface area contributed by atoms with Crippen molar-refractivity contribution in [3.8, 4) is 0 Å². The van der Waals surface area contributed by atoms with Gasteiger partial charge < -0.3 is 5.73 Å². The molecule has 0 aromatic rings. The SMILES string of the molecule is NCC1NC2C=CCC(F)C2N1. The molecule has 2 aliphatic rings. The van der Waals surface area contributed by atoms with E-state index in [0.717, 1.165) is 0 Å². The van der Waals surface area contributed by atoms with Gasteiger partial charge in [-0.3, -0.25) is 10.6 Å². The maximum atomic E-state index is 13.3. The van der Waals surface area contributed by atoms with Crippen molar-refractivity contribution in [2.45, 2.75) is 30.8 Å². The molecular weight excluding hydrogens is 157 g/mol. The summed E-state index contributed by atoms with van der Waals surface area (Å²) in [6, 6.07) is 0.0471. The molecule has 4 heteroatoms. The second-order valence-corrected chi connectivity index (χ2v) is 3.35. The molecule has 1 aliphatic carbocycles. The first-order valence-electron chi connectivity index (χ1n) is 4.34. The van der Waals surface area contributed by atoms with E-state index in [1.165, 1.54) is 0 Å². The average Bonchev–Trinajstić information content (AvgIpc) is 2.49. The minimum Gasteiger partial charge on any atom is -0.328 e. The average molecular weight is 171 g/mol. The normalized spacial score (nSPS) is 46.2. The zero-order valence-electron chi connectivity index (χ0n) is 6.83. The van der Waals surface area contributed by atoms with E-state index in [4.69, 9.17) is 5.73 Å². The van der Waals surface area contributed by atoms with Crippen LogP contribution >= 0.6 is 0 Å². The largest absolute Gasteiger partial charge is 0.328 e. The van der Waals surface area contributed by atoms with Crippen LogP contribution in [-0.2, 0) is 0 Å². The molecule has 12 heavy (non-hydrogen) atoms. The highest BCUT2D eigenvalue weighted by Crippen LogP contribution is 2.20. The predicted molar refractivity (Wildman–Crippen MR) is 45.3 cm³/mol. The topological polar surface area (TPSA) is 50.1 Å². The van der Waals surface area contributed by atoms with Crippen molar-refractivity contribution < 1.29 is 4.39 Å². The summed E-state index contributed by atoms with van der Waals surface area (Å²) in [7, 11) is 0. The van der Waals surface area contributed by atoms with Gasteiger partial charge >= 0.3 is 0 Å². The molecule has 4 unspecified atom stereocenters. The van der Waals surface area contributed by atoms with Crippen LogP contribution in [0, 0.1) is 0 Å². The molecule has 0 spiro atoms. The molecule has 0 bridgehead atoms. The summed E-state index contributed by atoms with van der Waals surface area (Å²) >= 11 is 0. The van der Waals surface area contributed by atoms with Crippen molar-refractivity contribution in [2.75, 3.05) is 6.54 Å². The molecular formula is C8H14FN3. The molecule has 0 aromatic heterocycles. The number of allylic oxidation sites excluding steroid dienone is 1. The molecule has 68 valence electrons. The van der Waals surface area contributed by atoms with Gasteiger partial charge in [-0.05, 0) is 6.42 Å². The van der Waals surface area contributed by atoms with E-state index in [1.54, 1.807) is 0 Å². The lowest BCUT2D eigenvalue weighted by Crippen LogP contribution is -2.43. The van der Waals surface area contributed by atoms with Crippen molar-refractivity contribution in [3.63, 3.8) is 0 Å². The number of halogens is 1. The van der Waals surface area contributed by atoms with Gasteiger partial charge in [0.15, 0.2) is 0 Å². The Morgan fingerprint density at radius 2 is 2.33 bits per heavy atom. The lowest BCUT2D eigenvalue weighted by molar-refractivity contribution is 0.250. The Morgan fingerprint density at radius 1 is 1.50 bits per heavy atom. The number of hydrogen-bond donors (Lipinski definition) is 3. The Bertz CT molecular complexity index is 195. The summed E-state index contributed by atoms with van der Waals surface area (Å²) in [4.78, 5) is 0. The van der Waals surface area contributed by atoms with Crippen LogP contribution < -0.4 is 16.4 Å². The lowest BCUT2D eigenvalue weighted by Gasteiger charge is -2.23. The molecule has 1 aliphatic heterocycles. The van der Waals surface area contributed by atoms with Crippen LogP contribution in [0.2, 0.25) is 0 Å². The van der Waals surface area contributed by atoms with Gasteiger partial charge in [-0.2, -0.15) is 0 Å². The van der Waals surface area contributed by atoms with Crippen molar-refractivity contribution in [3.05, 3.63) is 12.2 Å². The van der Waals surface area contributed by atoms with E-state index in [-0.39, 0.29) is 18.2 Å². The molecule has 0 saturated carbocycles. The van der Waals surface area contributed by atoms with E-state index in [2.05, 4.69) is 10.6 Å². The summed E-state index contributed by atoms with van der Waals surface area (Å²) in [6.07, 6.45) is 3.72. The second-order valence-electron chi connectivity index (χ2n) is 3.35. The first-order valence-corrected chi connectivity index (χ1v) is 4.34. The Balaban J connectivity index is 2.06. The third-order valence-electron chi connectivity index (χ3n) is 2.50. The molecule has 0 aromatic carbocycles. The number of nitrogens with one attached hydrogen (secondary N) is 2. The smallest absolute Gasteiger partial charge is 0.121 e. The number of alkyl halides is 1. The quantitative estimate of drug-likeness (QED) is 0.466. The molecule has 4 N–H and O–H groups in total. The fourth-order valence-corrected chi connectivity index (χ4v) is 1.86. The van der Waals surface area contributed by atoms with Crippen molar-refractivity contribution >= 4 is 0 Å². The second kappa shape index (κ2) is 3.12. The highest BCUT2D eigenvalue weighted by atomic mass is 19.1. The van der Waals surface area contributed by atoms with Crippen LogP contribution in [-0.4, -0.2) is 31.0 Å². The van der Waals surface area contributed by atoms with Gasteiger partial charge in [0.05, 0.1) is 12.2 Å². The Hall–Kier alpha value is -0.450. The summed E-state index contributed by atoms with van der Waals surface area (Å²) < 4.78 is 13.3. The number of fused-ring (bicyclic) bond motifs is 1. The minimum atomic E-state index is -0.774. The molecule has 2 rings (SSSR count). The van der Waals surface area contributed by atoms with Crippen molar-refractivity contribution in [1.29, 1.82) is 0 Å². The molecule has 0 radical (unpaired) electrons. The molecule has 3 nitrogen and oxygen atoms in total. The fourth-order valence-electron chi connectivity index (χ4n) is 1.86. The lowest BCUT2D eigenvalue weighted by atomic mass is 9.97. The van der Waals surface area contributed by atoms with E-state index < -0.39 is 6.17 Å². The third-order valence-corrected chi connectivity index (χ3v) is 2.50. The Kier molecular flexibility index (Phi) is 2.12. The van der Waals surface area contributed by atoms with E-state index in [1.807, 2.05) is 12.2 Å². The van der Waals surface area contributed by atoms with Gasteiger partial charge in [-0.25, -0.2) is 4.39 Å². The van der Waals surface area contributed by atoms with Gasteiger partial charge in [0, 0.05) is 12.6 Å². The number of hydrogen-bond acceptors (Lipinski definition) is 3. The van der Waals surface area contributed by atoms with E-state index >= 15 is 0 Å². The number of rotatable bonds is 1. The maximum absolute atomic E-state index is 13.3. The van der Waals surface area contributed by atoms with E-state index in [0.29, 0.717) is 13.0 Å². The van der Waals surface area contributed by atoms with Gasteiger partial charge in [-0.15, -0.1) is 0 Å². The zero-order valence-corrected chi connectivity index (χ0v) is 6.83. The molecule has 1 saturated heterocycles. The molecule has 4 atom stereocenters. The van der Waals surface area contributed by atoms with Crippen LogP contribution in [0.5, 0.6) is 0 Å². The first-order chi connectivity index (χ1) is 5.81. The van der Waals surface area contributed by atoms with Crippen LogP contribution in [0.4, 0.5) is 4.39 Å². The molecule has 1 heterocycles. The van der Waals surface area contributed by atoms with Crippen molar-refractivity contribution in [2.24, 2.45) is 5.73 Å². The van der Waals surface area contributed by atoms with Gasteiger partial charge in [0.2, 0.25) is 0 Å². The van der Waals surface area contributed by atoms with Crippen LogP contribution in [0.1, 0.15) is 6.42 Å². The zero-order chi connectivity index (χ0) is 8.55. The van der Waals surface area contributed by atoms with Crippen LogP contribution in [0.3, 0.4) is 0 Å². The highest BCUT2D eigenvalue weighted by Gasteiger charge is 2.37. The van der Waals surface area contributed by atoms with Crippen LogP contribution in [0.25, 0.3) is 0 Å². The summed E-state index contributed by atoms with van der Waals surface area (Å²) in [5, 5.41) is 6.34. The fraction of sp³-hybridized carbons (Fsp3) is 0.750. The predicted octanol–water partition coefficient (Wildman–Crippen LogP) is -0.501. The van der Waals surface area contributed by atoms with Gasteiger partial charge in [0.1, 0.15) is 6.17 Å². The molecule has 0 amide bonds. The van der Waals surface area contributed by atoms with Gasteiger partial charge in [-0.1, -0.05) is 12.2 Å². The Labute approximate surface area is 71.2 Å². The summed E-state index contributed by atoms with van der Waals surface area (Å²) in [5.74, 6) is 0. The number of nitrogens with two attached hydrogens (primary N) is 1. The standard InChI is InChI=1S/C8H14FN3/c9-5-2-1-3-6-8(5)12-7(4-10)11-6/h1,3,5-8,11-12H,2,4,10H2. The molecule has 1 fully saturated rings.